The van der Waals surface area contributed by atoms with Crippen LogP contribution in [0.1, 0.15) is 20.8 Å². The predicted molar refractivity (Wildman–Crippen MR) is 77.4 cm³/mol. The fourth-order valence-corrected chi connectivity index (χ4v) is 3.13. The Morgan fingerprint density at radius 1 is 1.48 bits per heavy atom. The van der Waals surface area contributed by atoms with Gasteiger partial charge >= 0.3 is 5.97 Å². The molecule has 0 radical (unpaired) electrons. The number of hydrogen-bond donors (Lipinski definition) is 2. The molecule has 0 aliphatic heterocycles. The van der Waals surface area contributed by atoms with Crippen molar-refractivity contribution in [3.63, 3.8) is 0 Å². The fraction of sp³-hybridized carbons (Fsp3) is 0.667. The van der Waals surface area contributed by atoms with E-state index in [1.54, 1.807) is 6.92 Å². The van der Waals surface area contributed by atoms with Crippen molar-refractivity contribution in [2.45, 2.75) is 38.3 Å². The summed E-state index contributed by atoms with van der Waals surface area (Å²) in [5.41, 5.74) is 0. The Labute approximate surface area is 124 Å². The molecule has 1 rings (SSSR count). The number of nitrogens with zero attached hydrogens (tertiary/aromatic N) is 3. The Bertz CT molecular complexity index is 566. The highest BCUT2D eigenvalue weighted by Gasteiger charge is 2.20. The molecule has 21 heavy (non-hydrogen) atoms. The molecular weight excluding hydrogens is 296 g/mol. The lowest BCUT2D eigenvalue weighted by Gasteiger charge is -2.23. The Morgan fingerprint density at radius 2 is 2.10 bits per heavy atom. The minimum Gasteiger partial charge on any atom is -0.480 e. The average Bonchev–Trinajstić information content (AvgIpc) is 2.83. The van der Waals surface area contributed by atoms with Gasteiger partial charge in [-0.2, -0.15) is 5.10 Å². The summed E-state index contributed by atoms with van der Waals surface area (Å²) in [6.07, 6.45) is 2.36. The Balaban J connectivity index is 2.72. The molecule has 1 heterocycles. The van der Waals surface area contributed by atoms with Gasteiger partial charge in [0.1, 0.15) is 11.4 Å². The quantitative estimate of drug-likeness (QED) is 0.663. The standard InChI is InChI=1S/C12H22N4O4S/c1-4-15(5-2)7-10(3)14-21(19,20)11-6-13-16(8-11)9-12(17)18/h6,8,10,14H,4-5,7,9H2,1-3H3,(H,17,18). The van der Waals surface area contributed by atoms with Crippen LogP contribution in [0, 0.1) is 0 Å². The monoisotopic (exact) mass is 318 g/mol. The lowest BCUT2D eigenvalue weighted by atomic mass is 10.3. The summed E-state index contributed by atoms with van der Waals surface area (Å²) in [6.45, 7) is 7.75. The maximum absolute atomic E-state index is 12.2. The van der Waals surface area contributed by atoms with Crippen molar-refractivity contribution in [2.24, 2.45) is 0 Å². The third-order valence-corrected chi connectivity index (χ3v) is 4.54. The van der Waals surface area contributed by atoms with Crippen LogP contribution < -0.4 is 4.72 Å². The Hall–Kier alpha value is -1.45. The summed E-state index contributed by atoms with van der Waals surface area (Å²) >= 11 is 0. The van der Waals surface area contributed by atoms with Gasteiger partial charge in [-0.3, -0.25) is 9.48 Å². The normalized spacial score (nSPS) is 13.5. The van der Waals surface area contributed by atoms with Crippen LogP contribution in [0.5, 0.6) is 0 Å². The third-order valence-electron chi connectivity index (χ3n) is 3.00. The van der Waals surface area contributed by atoms with E-state index in [4.69, 9.17) is 5.11 Å². The lowest BCUT2D eigenvalue weighted by molar-refractivity contribution is -0.137. The van der Waals surface area contributed by atoms with Gasteiger partial charge in [0, 0.05) is 18.8 Å². The highest BCUT2D eigenvalue weighted by Crippen LogP contribution is 2.08. The molecule has 0 aliphatic rings. The molecule has 0 aliphatic carbocycles. The SMILES string of the molecule is CCN(CC)CC(C)NS(=O)(=O)c1cnn(CC(=O)O)c1. The van der Waals surface area contributed by atoms with Crippen LogP contribution in [0.15, 0.2) is 17.3 Å². The summed E-state index contributed by atoms with van der Waals surface area (Å²) in [5.74, 6) is -1.08. The van der Waals surface area contributed by atoms with Gasteiger partial charge in [0.15, 0.2) is 0 Å². The van der Waals surface area contributed by atoms with Crippen molar-refractivity contribution < 1.29 is 18.3 Å². The van der Waals surface area contributed by atoms with E-state index in [1.165, 1.54) is 6.20 Å². The second-order valence-electron chi connectivity index (χ2n) is 4.78. The zero-order valence-electron chi connectivity index (χ0n) is 12.5. The van der Waals surface area contributed by atoms with Crippen molar-refractivity contribution in [3.8, 4) is 0 Å². The molecule has 1 atom stereocenters. The van der Waals surface area contributed by atoms with Gasteiger partial charge in [-0.15, -0.1) is 0 Å². The third kappa shape index (κ3) is 5.44. The molecule has 8 nitrogen and oxygen atoms in total. The molecule has 1 aromatic rings. The largest absolute Gasteiger partial charge is 0.480 e. The highest BCUT2D eigenvalue weighted by molar-refractivity contribution is 7.89. The van der Waals surface area contributed by atoms with Crippen LogP contribution in [0.2, 0.25) is 0 Å². The first-order chi connectivity index (χ1) is 9.78. The molecule has 0 saturated heterocycles. The van der Waals surface area contributed by atoms with Crippen LogP contribution in [0.4, 0.5) is 0 Å². The van der Waals surface area contributed by atoms with Gasteiger partial charge in [0.25, 0.3) is 0 Å². The number of nitrogens with one attached hydrogen (secondary N) is 1. The maximum Gasteiger partial charge on any atom is 0.325 e. The van der Waals surface area contributed by atoms with Crippen molar-refractivity contribution in [2.75, 3.05) is 19.6 Å². The fourth-order valence-electron chi connectivity index (χ4n) is 1.95. The second-order valence-corrected chi connectivity index (χ2v) is 6.49. The Kier molecular flexibility index (Phi) is 6.31. The molecule has 1 aromatic heterocycles. The summed E-state index contributed by atoms with van der Waals surface area (Å²) in [5, 5.41) is 12.4. The molecule has 0 aromatic carbocycles. The number of aliphatic carboxylic acids is 1. The first kappa shape index (κ1) is 17.6. The first-order valence-electron chi connectivity index (χ1n) is 6.77. The van der Waals surface area contributed by atoms with E-state index in [9.17, 15) is 13.2 Å². The zero-order valence-corrected chi connectivity index (χ0v) is 13.3. The summed E-state index contributed by atoms with van der Waals surface area (Å²) in [4.78, 5) is 12.6. The molecule has 0 bridgehead atoms. The molecule has 0 amide bonds. The average molecular weight is 318 g/mol. The number of likely N-dealkylation sites (N-methyl/N-ethyl adjacent to an activating group) is 1. The smallest absolute Gasteiger partial charge is 0.325 e. The van der Waals surface area contributed by atoms with Gasteiger partial charge in [0.05, 0.1) is 6.20 Å². The molecular formula is C12H22N4O4S. The number of carboxylic acid groups (broad SMARTS) is 1. The molecule has 0 spiro atoms. The number of sulfonamides is 1. The first-order valence-corrected chi connectivity index (χ1v) is 8.25. The minimum absolute atomic E-state index is 0.0323. The summed E-state index contributed by atoms with van der Waals surface area (Å²) in [7, 11) is -3.69. The van der Waals surface area contributed by atoms with Crippen LogP contribution in [0.3, 0.4) is 0 Å². The zero-order chi connectivity index (χ0) is 16.0. The molecule has 120 valence electrons. The molecule has 0 saturated carbocycles. The Morgan fingerprint density at radius 3 is 2.62 bits per heavy atom. The van der Waals surface area contributed by atoms with E-state index >= 15 is 0 Å². The van der Waals surface area contributed by atoms with Gasteiger partial charge in [-0.25, -0.2) is 13.1 Å². The van der Waals surface area contributed by atoms with Gasteiger partial charge in [-0.05, 0) is 20.0 Å². The van der Waals surface area contributed by atoms with E-state index in [1.807, 2.05) is 13.8 Å². The minimum atomic E-state index is -3.69. The number of carboxylic acids is 1. The van der Waals surface area contributed by atoms with E-state index in [0.717, 1.165) is 24.0 Å². The van der Waals surface area contributed by atoms with Crippen molar-refractivity contribution in [1.29, 1.82) is 0 Å². The van der Waals surface area contributed by atoms with Gasteiger partial charge < -0.3 is 10.0 Å². The summed E-state index contributed by atoms with van der Waals surface area (Å²) < 4.78 is 28.0. The van der Waals surface area contributed by atoms with Crippen LogP contribution >= 0.6 is 0 Å². The van der Waals surface area contributed by atoms with Crippen molar-refractivity contribution in [3.05, 3.63) is 12.4 Å². The van der Waals surface area contributed by atoms with E-state index < -0.39 is 16.0 Å². The molecule has 0 fully saturated rings. The predicted octanol–water partition coefficient (Wildman–Crippen LogP) is -0.0237. The number of hydrogen-bond acceptors (Lipinski definition) is 5. The number of carbonyl (C=O) groups is 1. The van der Waals surface area contributed by atoms with Crippen molar-refractivity contribution in [1.82, 2.24) is 19.4 Å². The molecule has 1 unspecified atom stereocenters. The summed E-state index contributed by atoms with van der Waals surface area (Å²) in [6, 6.07) is -0.252. The van der Waals surface area contributed by atoms with Gasteiger partial charge in [-0.1, -0.05) is 13.8 Å². The second kappa shape index (κ2) is 7.53. The van der Waals surface area contributed by atoms with Crippen molar-refractivity contribution >= 4 is 16.0 Å². The topological polar surface area (TPSA) is 105 Å². The number of rotatable bonds is 9. The van der Waals surface area contributed by atoms with E-state index in [-0.39, 0.29) is 17.5 Å². The lowest BCUT2D eigenvalue weighted by Crippen LogP contribution is -2.41. The van der Waals surface area contributed by atoms with Gasteiger partial charge in [0.2, 0.25) is 10.0 Å². The molecule has 9 heteroatoms. The van der Waals surface area contributed by atoms with Crippen LogP contribution in [-0.2, 0) is 21.4 Å². The van der Waals surface area contributed by atoms with E-state index in [2.05, 4.69) is 14.7 Å². The van der Waals surface area contributed by atoms with Crippen LogP contribution in [-0.4, -0.2) is 59.9 Å². The van der Waals surface area contributed by atoms with E-state index in [0.29, 0.717) is 6.54 Å². The molecule has 2 N–H and O–H groups in total. The maximum atomic E-state index is 12.2. The number of aromatic nitrogens is 2. The van der Waals surface area contributed by atoms with Crippen LogP contribution in [0.25, 0.3) is 0 Å². The highest BCUT2D eigenvalue weighted by atomic mass is 32.2.